The van der Waals surface area contributed by atoms with Crippen molar-refractivity contribution in [1.82, 2.24) is 4.90 Å². The molecule has 1 heterocycles. The molecule has 3 rings (SSSR count). The van der Waals surface area contributed by atoms with E-state index >= 15 is 0 Å². The number of carbonyl (C=O) groups is 1. The average molecular weight is 321 g/mol. The van der Waals surface area contributed by atoms with Crippen LogP contribution in [0.25, 0.3) is 0 Å². The second kappa shape index (κ2) is 5.67. The van der Waals surface area contributed by atoms with E-state index in [1.54, 1.807) is 18.9 Å². The van der Waals surface area contributed by atoms with E-state index in [2.05, 4.69) is 4.99 Å². The summed E-state index contributed by atoms with van der Waals surface area (Å²) in [5, 5.41) is 10.5. The van der Waals surface area contributed by atoms with Crippen molar-refractivity contribution in [3.8, 4) is 0 Å². The Kier molecular flexibility index (Phi) is 4.00. The molecule has 1 aliphatic heterocycles. The van der Waals surface area contributed by atoms with E-state index in [0.717, 1.165) is 37.0 Å². The highest BCUT2D eigenvalue weighted by Gasteiger charge is 2.51. The molecule has 3 unspecified atom stereocenters. The molecular formula is C17H21ClN2O2. The summed E-state index contributed by atoms with van der Waals surface area (Å²) in [6, 6.07) is 6.98. The molecule has 1 aromatic carbocycles. The Morgan fingerprint density at radius 1 is 1.41 bits per heavy atom. The zero-order chi connectivity index (χ0) is 15.9. The quantitative estimate of drug-likeness (QED) is 0.911. The molecule has 1 aliphatic carbocycles. The van der Waals surface area contributed by atoms with Gasteiger partial charge < -0.3 is 10.0 Å². The Labute approximate surface area is 135 Å². The monoisotopic (exact) mass is 320 g/mol. The molecule has 0 saturated heterocycles. The fraction of sp³-hybridized carbons (Fsp3) is 0.529. The number of aliphatic imine (C=N–C) groups is 1. The van der Waals surface area contributed by atoms with Crippen molar-refractivity contribution in [2.24, 2.45) is 4.99 Å². The van der Waals surface area contributed by atoms with E-state index in [9.17, 15) is 9.90 Å². The smallest absolute Gasteiger partial charge is 0.250 e. The van der Waals surface area contributed by atoms with Gasteiger partial charge in [-0.05, 0) is 38.7 Å². The van der Waals surface area contributed by atoms with Gasteiger partial charge in [0.05, 0.1) is 6.10 Å². The van der Waals surface area contributed by atoms with E-state index in [1.165, 1.54) is 0 Å². The molecule has 4 nitrogen and oxygen atoms in total. The minimum absolute atomic E-state index is 0.138. The molecule has 0 bridgehead atoms. The zero-order valence-corrected chi connectivity index (χ0v) is 13.7. The summed E-state index contributed by atoms with van der Waals surface area (Å²) in [6.45, 7) is 1.62. The van der Waals surface area contributed by atoms with Gasteiger partial charge in [-0.25, -0.2) is 0 Å². The first kappa shape index (κ1) is 15.5. The lowest BCUT2D eigenvalue weighted by molar-refractivity contribution is -0.139. The summed E-state index contributed by atoms with van der Waals surface area (Å²) in [7, 11) is 1.81. The SMILES string of the molecule is CC(O)C1N=C2CCCCC2(c2ccccc2Cl)N(C)C1=O. The lowest BCUT2D eigenvalue weighted by atomic mass is 9.72. The maximum Gasteiger partial charge on any atom is 0.250 e. The number of halogens is 1. The van der Waals surface area contributed by atoms with Gasteiger partial charge in [-0.2, -0.15) is 0 Å². The molecule has 1 fully saturated rings. The number of rotatable bonds is 2. The number of nitrogens with zero attached hydrogens (tertiary/aromatic N) is 2. The Hall–Kier alpha value is -1.39. The van der Waals surface area contributed by atoms with Crippen LogP contribution in [-0.4, -0.2) is 40.8 Å². The van der Waals surface area contributed by atoms with Crippen molar-refractivity contribution in [2.45, 2.75) is 50.3 Å². The average Bonchev–Trinajstić information content (AvgIpc) is 2.51. The van der Waals surface area contributed by atoms with Crippen molar-refractivity contribution in [1.29, 1.82) is 0 Å². The third-order valence-corrected chi connectivity index (χ3v) is 5.24. The first-order chi connectivity index (χ1) is 10.5. The third kappa shape index (κ3) is 2.17. The van der Waals surface area contributed by atoms with Crippen LogP contribution in [0.1, 0.15) is 38.2 Å². The molecule has 1 N–H and O–H groups in total. The van der Waals surface area contributed by atoms with Crippen molar-refractivity contribution in [3.63, 3.8) is 0 Å². The predicted molar refractivity (Wildman–Crippen MR) is 87.3 cm³/mol. The van der Waals surface area contributed by atoms with Crippen LogP contribution in [0.15, 0.2) is 29.3 Å². The highest BCUT2D eigenvalue weighted by atomic mass is 35.5. The molecule has 1 saturated carbocycles. The summed E-state index contributed by atoms with van der Waals surface area (Å²) < 4.78 is 0. The maximum atomic E-state index is 12.7. The van der Waals surface area contributed by atoms with E-state index in [4.69, 9.17) is 11.6 Å². The van der Waals surface area contributed by atoms with Crippen molar-refractivity contribution in [2.75, 3.05) is 7.05 Å². The van der Waals surface area contributed by atoms with Crippen LogP contribution in [0, 0.1) is 0 Å². The molecular weight excluding hydrogens is 300 g/mol. The van der Waals surface area contributed by atoms with Gasteiger partial charge in [-0.1, -0.05) is 29.8 Å². The van der Waals surface area contributed by atoms with Crippen molar-refractivity contribution in [3.05, 3.63) is 34.9 Å². The molecule has 0 aromatic heterocycles. The van der Waals surface area contributed by atoms with Crippen LogP contribution in [0.3, 0.4) is 0 Å². The number of aliphatic hydroxyl groups excluding tert-OH is 1. The second-order valence-electron chi connectivity index (χ2n) is 6.21. The summed E-state index contributed by atoms with van der Waals surface area (Å²) in [6.07, 6.45) is 2.96. The first-order valence-electron chi connectivity index (χ1n) is 7.76. The van der Waals surface area contributed by atoms with Gasteiger partial charge in [-0.3, -0.25) is 9.79 Å². The Balaban J connectivity index is 2.20. The van der Waals surface area contributed by atoms with E-state index in [-0.39, 0.29) is 5.91 Å². The number of likely N-dealkylation sites (N-methyl/N-ethyl adjacent to an activating group) is 1. The molecule has 1 aromatic rings. The first-order valence-corrected chi connectivity index (χ1v) is 8.14. The number of carbonyl (C=O) groups excluding carboxylic acids is 1. The number of amides is 1. The Bertz CT molecular complexity index is 629. The lowest BCUT2D eigenvalue weighted by Gasteiger charge is -2.50. The summed E-state index contributed by atoms with van der Waals surface area (Å²) >= 11 is 6.44. The minimum atomic E-state index is -0.784. The standard InChI is InChI=1S/C17H21ClN2O2/c1-11(21)15-16(22)20(2)17(10-6-5-9-14(17)19-15)12-7-3-4-8-13(12)18/h3-4,7-8,11,15,21H,5-6,9-10H2,1-2H3. The Morgan fingerprint density at radius 2 is 2.14 bits per heavy atom. The van der Waals surface area contributed by atoms with Crippen LogP contribution < -0.4 is 0 Å². The summed E-state index contributed by atoms with van der Waals surface area (Å²) in [4.78, 5) is 19.1. The largest absolute Gasteiger partial charge is 0.391 e. The normalized spacial score (nSPS) is 29.8. The van der Waals surface area contributed by atoms with Gasteiger partial charge in [0.15, 0.2) is 6.04 Å². The van der Waals surface area contributed by atoms with Crippen LogP contribution in [0.5, 0.6) is 0 Å². The highest BCUT2D eigenvalue weighted by molar-refractivity contribution is 6.32. The summed E-state index contributed by atoms with van der Waals surface area (Å²) in [5.41, 5.74) is 1.36. The predicted octanol–water partition coefficient (Wildman–Crippen LogP) is 2.77. The molecule has 1 amide bonds. The molecule has 5 heteroatoms. The van der Waals surface area contributed by atoms with Crippen LogP contribution in [-0.2, 0) is 10.3 Å². The number of fused-ring (bicyclic) bond motifs is 1. The van der Waals surface area contributed by atoms with Gasteiger partial charge in [0.1, 0.15) is 5.54 Å². The minimum Gasteiger partial charge on any atom is -0.391 e. The fourth-order valence-electron chi connectivity index (χ4n) is 3.75. The molecule has 0 radical (unpaired) electrons. The second-order valence-corrected chi connectivity index (χ2v) is 6.61. The molecule has 118 valence electrons. The van der Waals surface area contributed by atoms with Gasteiger partial charge >= 0.3 is 0 Å². The number of aliphatic hydroxyl groups is 1. The van der Waals surface area contributed by atoms with Gasteiger partial charge in [0.25, 0.3) is 5.91 Å². The van der Waals surface area contributed by atoms with Crippen molar-refractivity contribution < 1.29 is 9.90 Å². The molecule has 22 heavy (non-hydrogen) atoms. The van der Waals surface area contributed by atoms with E-state index < -0.39 is 17.7 Å². The zero-order valence-electron chi connectivity index (χ0n) is 12.9. The van der Waals surface area contributed by atoms with Gasteiger partial charge in [-0.15, -0.1) is 0 Å². The van der Waals surface area contributed by atoms with Crippen molar-refractivity contribution >= 4 is 23.2 Å². The Morgan fingerprint density at radius 3 is 2.82 bits per heavy atom. The summed E-state index contributed by atoms with van der Waals surface area (Å²) in [5.74, 6) is -0.138. The highest BCUT2D eigenvalue weighted by Crippen LogP contribution is 2.45. The van der Waals surface area contributed by atoms with Gasteiger partial charge in [0, 0.05) is 23.3 Å². The third-order valence-electron chi connectivity index (χ3n) is 4.91. The lowest BCUT2D eigenvalue weighted by Crippen LogP contribution is -2.61. The van der Waals surface area contributed by atoms with Gasteiger partial charge in [0.2, 0.25) is 0 Å². The number of benzene rings is 1. The topological polar surface area (TPSA) is 52.9 Å². The van der Waals surface area contributed by atoms with E-state index in [0.29, 0.717) is 5.02 Å². The molecule has 3 atom stereocenters. The number of hydrogen-bond acceptors (Lipinski definition) is 3. The van der Waals surface area contributed by atoms with Crippen LogP contribution in [0.4, 0.5) is 0 Å². The maximum absolute atomic E-state index is 12.7. The molecule has 0 spiro atoms. The molecule has 2 aliphatic rings. The van der Waals surface area contributed by atoms with Crippen LogP contribution in [0.2, 0.25) is 5.02 Å². The van der Waals surface area contributed by atoms with Crippen LogP contribution >= 0.6 is 11.6 Å². The fourth-order valence-corrected chi connectivity index (χ4v) is 4.04. The number of hydrogen-bond donors (Lipinski definition) is 1. The van der Waals surface area contributed by atoms with E-state index in [1.807, 2.05) is 24.3 Å².